The molecule has 2 fully saturated rings. The summed E-state index contributed by atoms with van der Waals surface area (Å²) in [6.07, 6.45) is 4.21. The zero-order valence-electron chi connectivity index (χ0n) is 13.4. The highest BCUT2D eigenvalue weighted by Crippen LogP contribution is 2.26. The summed E-state index contributed by atoms with van der Waals surface area (Å²) in [6.45, 7) is 4.02. The molecule has 1 atom stereocenters. The standard InChI is InChI=1S/C16H24N4O3/c1-2-23-14-9-13(17-10-18-14)20-7-5-11(6-8-20)15(21)16(22)19-12-3-4-12/h9-12,15,21H,2-8H2,1H3,(H,19,22). The number of nitrogens with one attached hydrogen (secondary N) is 1. The molecule has 0 bridgehead atoms. The van der Waals surface area contributed by atoms with Gasteiger partial charge in [-0.25, -0.2) is 9.97 Å². The van der Waals surface area contributed by atoms with Crippen LogP contribution >= 0.6 is 0 Å². The second-order valence-electron chi connectivity index (χ2n) is 6.20. The number of aromatic nitrogens is 2. The van der Waals surface area contributed by atoms with Gasteiger partial charge in [-0.05, 0) is 38.5 Å². The molecule has 2 N–H and O–H groups in total. The van der Waals surface area contributed by atoms with Gasteiger partial charge in [0, 0.05) is 25.2 Å². The van der Waals surface area contributed by atoms with Gasteiger partial charge in [0.15, 0.2) is 0 Å². The number of hydrogen-bond acceptors (Lipinski definition) is 6. The van der Waals surface area contributed by atoms with Gasteiger partial charge in [0.1, 0.15) is 18.2 Å². The Bertz CT molecular complexity index is 542. The van der Waals surface area contributed by atoms with Gasteiger partial charge >= 0.3 is 0 Å². The minimum atomic E-state index is -0.901. The summed E-state index contributed by atoms with van der Waals surface area (Å²) in [7, 11) is 0. The van der Waals surface area contributed by atoms with E-state index in [1.165, 1.54) is 6.33 Å². The lowest BCUT2D eigenvalue weighted by Gasteiger charge is -2.34. The molecule has 23 heavy (non-hydrogen) atoms. The third kappa shape index (κ3) is 4.10. The normalized spacial score (nSPS) is 20.2. The number of aliphatic hydroxyl groups excluding tert-OH is 1. The number of rotatable bonds is 6. The number of carbonyl (C=O) groups excluding carboxylic acids is 1. The fourth-order valence-corrected chi connectivity index (χ4v) is 2.90. The molecule has 1 aromatic heterocycles. The summed E-state index contributed by atoms with van der Waals surface area (Å²) in [5.41, 5.74) is 0. The van der Waals surface area contributed by atoms with Crippen LogP contribution in [0.4, 0.5) is 5.82 Å². The highest BCUT2D eigenvalue weighted by molar-refractivity contribution is 5.81. The summed E-state index contributed by atoms with van der Waals surface area (Å²) in [5, 5.41) is 13.1. The molecule has 0 spiro atoms. The molecule has 0 radical (unpaired) electrons. The Kier molecular flexibility index (Phi) is 4.95. The first-order valence-corrected chi connectivity index (χ1v) is 8.35. The van der Waals surface area contributed by atoms with E-state index >= 15 is 0 Å². The van der Waals surface area contributed by atoms with Crippen LogP contribution in [0.2, 0.25) is 0 Å². The number of nitrogens with zero attached hydrogens (tertiary/aromatic N) is 3. The Balaban J connectivity index is 1.53. The number of carbonyl (C=O) groups is 1. The van der Waals surface area contributed by atoms with Gasteiger partial charge in [-0.15, -0.1) is 0 Å². The van der Waals surface area contributed by atoms with E-state index in [0.717, 1.165) is 44.6 Å². The van der Waals surface area contributed by atoms with Crippen LogP contribution in [0.25, 0.3) is 0 Å². The van der Waals surface area contributed by atoms with Crippen LogP contribution in [0.1, 0.15) is 32.6 Å². The van der Waals surface area contributed by atoms with Crippen molar-refractivity contribution in [3.05, 3.63) is 12.4 Å². The predicted molar refractivity (Wildman–Crippen MR) is 85.3 cm³/mol. The molecule has 7 heteroatoms. The SMILES string of the molecule is CCOc1cc(N2CCC(C(O)C(=O)NC3CC3)CC2)ncn1. The predicted octanol–water partition coefficient (Wildman–Crippen LogP) is 0.731. The smallest absolute Gasteiger partial charge is 0.249 e. The van der Waals surface area contributed by atoms with Crippen molar-refractivity contribution in [2.24, 2.45) is 5.92 Å². The lowest BCUT2D eigenvalue weighted by atomic mass is 9.90. The maximum atomic E-state index is 11.9. The molecule has 1 saturated carbocycles. The Labute approximate surface area is 136 Å². The molecule has 1 unspecified atom stereocenters. The molecule has 2 aliphatic rings. The second-order valence-corrected chi connectivity index (χ2v) is 6.20. The second kappa shape index (κ2) is 7.12. The van der Waals surface area contributed by atoms with Crippen molar-refractivity contribution in [3.8, 4) is 5.88 Å². The summed E-state index contributed by atoms with van der Waals surface area (Å²) in [6, 6.07) is 2.12. The van der Waals surface area contributed by atoms with E-state index < -0.39 is 6.10 Å². The van der Waals surface area contributed by atoms with Gasteiger partial charge in [0.05, 0.1) is 6.61 Å². The zero-order valence-corrected chi connectivity index (χ0v) is 13.4. The van der Waals surface area contributed by atoms with Crippen LogP contribution in [0.5, 0.6) is 5.88 Å². The fraction of sp³-hybridized carbons (Fsp3) is 0.688. The van der Waals surface area contributed by atoms with Crippen molar-refractivity contribution in [2.75, 3.05) is 24.6 Å². The van der Waals surface area contributed by atoms with E-state index in [0.29, 0.717) is 12.5 Å². The maximum Gasteiger partial charge on any atom is 0.249 e. The molecule has 1 aliphatic carbocycles. The topological polar surface area (TPSA) is 87.6 Å². The minimum Gasteiger partial charge on any atom is -0.478 e. The van der Waals surface area contributed by atoms with Gasteiger partial charge < -0.3 is 20.1 Å². The van der Waals surface area contributed by atoms with Crippen LogP contribution in [-0.4, -0.2) is 52.8 Å². The van der Waals surface area contributed by atoms with Gasteiger partial charge in [-0.3, -0.25) is 4.79 Å². The van der Waals surface area contributed by atoms with Gasteiger partial charge in [0.2, 0.25) is 11.8 Å². The highest BCUT2D eigenvalue weighted by atomic mass is 16.5. The van der Waals surface area contributed by atoms with Gasteiger partial charge in [-0.1, -0.05) is 0 Å². The van der Waals surface area contributed by atoms with E-state index in [4.69, 9.17) is 4.74 Å². The quantitative estimate of drug-likeness (QED) is 0.803. The first-order valence-electron chi connectivity index (χ1n) is 8.35. The van der Waals surface area contributed by atoms with E-state index in [2.05, 4.69) is 20.2 Å². The molecule has 7 nitrogen and oxygen atoms in total. The molecule has 1 saturated heterocycles. The van der Waals surface area contributed by atoms with Crippen LogP contribution in [0, 0.1) is 5.92 Å². The van der Waals surface area contributed by atoms with Crippen molar-refractivity contribution in [1.29, 1.82) is 0 Å². The number of aliphatic hydroxyl groups is 1. The van der Waals surface area contributed by atoms with Crippen LogP contribution < -0.4 is 15.0 Å². The Morgan fingerprint density at radius 1 is 1.39 bits per heavy atom. The lowest BCUT2D eigenvalue weighted by molar-refractivity contribution is -0.132. The molecular formula is C16H24N4O3. The lowest BCUT2D eigenvalue weighted by Crippen LogP contribution is -2.45. The minimum absolute atomic E-state index is 0.0122. The van der Waals surface area contributed by atoms with Crippen molar-refractivity contribution in [3.63, 3.8) is 0 Å². The summed E-state index contributed by atoms with van der Waals surface area (Å²) < 4.78 is 5.40. The summed E-state index contributed by atoms with van der Waals surface area (Å²) >= 11 is 0. The molecule has 1 aliphatic heterocycles. The number of piperidine rings is 1. The van der Waals surface area contributed by atoms with Crippen molar-refractivity contribution in [1.82, 2.24) is 15.3 Å². The average Bonchev–Trinajstić information content (AvgIpc) is 3.39. The Morgan fingerprint density at radius 3 is 2.78 bits per heavy atom. The van der Waals surface area contributed by atoms with Crippen LogP contribution in [0.15, 0.2) is 12.4 Å². The molecule has 2 heterocycles. The fourth-order valence-electron chi connectivity index (χ4n) is 2.90. The zero-order chi connectivity index (χ0) is 16.2. The molecule has 1 amide bonds. The molecule has 3 rings (SSSR count). The average molecular weight is 320 g/mol. The van der Waals surface area contributed by atoms with E-state index in [1.54, 1.807) is 0 Å². The van der Waals surface area contributed by atoms with Crippen molar-refractivity contribution in [2.45, 2.75) is 44.8 Å². The first kappa shape index (κ1) is 16.0. The third-order valence-electron chi connectivity index (χ3n) is 4.42. The van der Waals surface area contributed by atoms with E-state index in [9.17, 15) is 9.90 Å². The first-order chi connectivity index (χ1) is 11.2. The van der Waals surface area contributed by atoms with E-state index in [1.807, 2.05) is 13.0 Å². The largest absolute Gasteiger partial charge is 0.478 e. The van der Waals surface area contributed by atoms with E-state index in [-0.39, 0.29) is 17.9 Å². The van der Waals surface area contributed by atoms with Crippen LogP contribution in [0.3, 0.4) is 0 Å². The monoisotopic (exact) mass is 320 g/mol. The Morgan fingerprint density at radius 2 is 2.13 bits per heavy atom. The number of anilines is 1. The van der Waals surface area contributed by atoms with Crippen molar-refractivity contribution >= 4 is 11.7 Å². The Hall–Kier alpha value is -1.89. The number of ether oxygens (including phenoxy) is 1. The molecule has 1 aromatic rings. The van der Waals surface area contributed by atoms with Gasteiger partial charge in [0.25, 0.3) is 0 Å². The maximum absolute atomic E-state index is 11.9. The summed E-state index contributed by atoms with van der Waals surface area (Å²) in [4.78, 5) is 22.5. The highest BCUT2D eigenvalue weighted by Gasteiger charge is 2.33. The molecule has 0 aromatic carbocycles. The van der Waals surface area contributed by atoms with Crippen molar-refractivity contribution < 1.29 is 14.6 Å². The molecule has 126 valence electrons. The molecular weight excluding hydrogens is 296 g/mol. The van der Waals surface area contributed by atoms with Crippen LogP contribution in [-0.2, 0) is 4.79 Å². The number of amides is 1. The van der Waals surface area contributed by atoms with Gasteiger partial charge in [-0.2, -0.15) is 0 Å². The third-order valence-corrected chi connectivity index (χ3v) is 4.42. The summed E-state index contributed by atoms with van der Waals surface area (Å²) in [5.74, 6) is 1.20. The number of hydrogen-bond donors (Lipinski definition) is 2.